The minimum atomic E-state index is -0.00948. The van der Waals surface area contributed by atoms with Crippen LogP contribution in [0.1, 0.15) is 48.2 Å². The SMILES string of the molecule is CCN(C)c1cc(-n2c(-c3cc(C(C)C)c(C=O)cc3O)n[nH]c2=S)ccc1C. The maximum Gasteiger partial charge on any atom is 0.200 e. The molecule has 0 atom stereocenters. The number of carbonyl (C=O) groups is 1. The number of hydrogen-bond donors (Lipinski definition) is 2. The summed E-state index contributed by atoms with van der Waals surface area (Å²) in [6.07, 6.45) is 0.767. The second kappa shape index (κ2) is 8.21. The van der Waals surface area contributed by atoms with E-state index in [4.69, 9.17) is 12.2 Å². The highest BCUT2D eigenvalue weighted by Gasteiger charge is 2.19. The predicted molar refractivity (Wildman–Crippen MR) is 119 cm³/mol. The monoisotopic (exact) mass is 410 g/mol. The maximum absolute atomic E-state index is 11.4. The molecule has 0 saturated heterocycles. The molecule has 152 valence electrons. The van der Waals surface area contributed by atoms with E-state index in [1.165, 1.54) is 6.07 Å². The third-order valence-corrected chi connectivity index (χ3v) is 5.47. The molecule has 0 spiro atoms. The largest absolute Gasteiger partial charge is 0.507 e. The smallest absolute Gasteiger partial charge is 0.200 e. The van der Waals surface area contributed by atoms with Crippen molar-refractivity contribution in [2.75, 3.05) is 18.5 Å². The van der Waals surface area contributed by atoms with Crippen LogP contribution >= 0.6 is 12.2 Å². The zero-order valence-electron chi connectivity index (χ0n) is 17.4. The van der Waals surface area contributed by atoms with Crippen LogP contribution in [0.2, 0.25) is 0 Å². The van der Waals surface area contributed by atoms with E-state index < -0.39 is 0 Å². The quantitative estimate of drug-likeness (QED) is 0.442. The number of anilines is 1. The fourth-order valence-corrected chi connectivity index (χ4v) is 3.68. The minimum absolute atomic E-state index is 0.00948. The van der Waals surface area contributed by atoms with Crippen molar-refractivity contribution in [3.05, 3.63) is 51.8 Å². The molecule has 0 saturated carbocycles. The Bertz CT molecular complexity index is 1110. The van der Waals surface area contributed by atoms with Gasteiger partial charge in [-0.05, 0) is 67.4 Å². The van der Waals surface area contributed by atoms with Crippen LogP contribution in [0.5, 0.6) is 5.75 Å². The Morgan fingerprint density at radius 3 is 2.66 bits per heavy atom. The first-order valence-electron chi connectivity index (χ1n) is 9.60. The van der Waals surface area contributed by atoms with Crippen molar-refractivity contribution in [3.63, 3.8) is 0 Å². The van der Waals surface area contributed by atoms with E-state index in [-0.39, 0.29) is 11.7 Å². The highest BCUT2D eigenvalue weighted by atomic mass is 32.1. The number of nitrogens with one attached hydrogen (secondary N) is 1. The fourth-order valence-electron chi connectivity index (χ4n) is 3.44. The van der Waals surface area contributed by atoms with E-state index in [0.717, 1.165) is 35.3 Å². The molecule has 2 N–H and O–H groups in total. The summed E-state index contributed by atoms with van der Waals surface area (Å²) in [6, 6.07) is 9.40. The molecule has 7 heteroatoms. The van der Waals surface area contributed by atoms with Gasteiger partial charge in [-0.1, -0.05) is 19.9 Å². The summed E-state index contributed by atoms with van der Waals surface area (Å²) < 4.78 is 2.24. The predicted octanol–water partition coefficient (Wildman–Crippen LogP) is 5.00. The number of aromatic amines is 1. The van der Waals surface area contributed by atoms with Crippen LogP contribution in [0.15, 0.2) is 30.3 Å². The summed E-state index contributed by atoms with van der Waals surface area (Å²) in [7, 11) is 2.04. The van der Waals surface area contributed by atoms with Crippen molar-refractivity contribution in [2.45, 2.75) is 33.6 Å². The van der Waals surface area contributed by atoms with Gasteiger partial charge in [-0.3, -0.25) is 14.5 Å². The average molecular weight is 411 g/mol. The lowest BCUT2D eigenvalue weighted by Gasteiger charge is -2.21. The summed E-state index contributed by atoms with van der Waals surface area (Å²) in [4.78, 5) is 13.6. The molecule has 0 aliphatic rings. The van der Waals surface area contributed by atoms with Crippen LogP contribution in [0.25, 0.3) is 17.1 Å². The van der Waals surface area contributed by atoms with Crippen molar-refractivity contribution in [1.29, 1.82) is 0 Å². The van der Waals surface area contributed by atoms with Crippen LogP contribution in [0, 0.1) is 11.7 Å². The first-order chi connectivity index (χ1) is 13.8. The number of carbonyl (C=O) groups excluding carboxylic acids is 1. The molecule has 0 unspecified atom stereocenters. The molecule has 1 heterocycles. The van der Waals surface area contributed by atoms with E-state index in [9.17, 15) is 9.90 Å². The van der Waals surface area contributed by atoms with Gasteiger partial charge >= 0.3 is 0 Å². The normalized spacial score (nSPS) is 11.1. The minimum Gasteiger partial charge on any atom is -0.507 e. The molecule has 0 bridgehead atoms. The molecule has 6 nitrogen and oxygen atoms in total. The number of aromatic nitrogens is 3. The Morgan fingerprint density at radius 1 is 1.31 bits per heavy atom. The number of aldehydes is 1. The van der Waals surface area contributed by atoms with Crippen molar-refractivity contribution < 1.29 is 9.90 Å². The highest BCUT2D eigenvalue weighted by Crippen LogP contribution is 2.35. The number of rotatable bonds is 6. The number of H-pyrrole nitrogens is 1. The van der Waals surface area contributed by atoms with E-state index in [1.54, 1.807) is 0 Å². The number of benzene rings is 2. The van der Waals surface area contributed by atoms with Crippen molar-refractivity contribution in [1.82, 2.24) is 14.8 Å². The van der Waals surface area contributed by atoms with Gasteiger partial charge in [0.1, 0.15) is 12.0 Å². The average Bonchev–Trinajstić information content (AvgIpc) is 3.08. The Morgan fingerprint density at radius 2 is 2.03 bits per heavy atom. The van der Waals surface area contributed by atoms with Gasteiger partial charge in [0, 0.05) is 24.8 Å². The zero-order chi connectivity index (χ0) is 21.3. The van der Waals surface area contributed by atoms with Crippen LogP contribution in [-0.2, 0) is 0 Å². The Labute approximate surface area is 175 Å². The molecular formula is C22H26N4O2S. The van der Waals surface area contributed by atoms with Gasteiger partial charge in [-0.2, -0.15) is 5.10 Å². The second-order valence-corrected chi connectivity index (χ2v) is 7.83. The van der Waals surface area contributed by atoms with Gasteiger partial charge in [-0.15, -0.1) is 0 Å². The molecular weight excluding hydrogens is 384 g/mol. The van der Waals surface area contributed by atoms with E-state index >= 15 is 0 Å². The molecule has 1 aromatic heterocycles. The lowest BCUT2D eigenvalue weighted by atomic mass is 9.94. The van der Waals surface area contributed by atoms with Crippen molar-refractivity contribution >= 4 is 24.2 Å². The van der Waals surface area contributed by atoms with Crippen LogP contribution < -0.4 is 4.90 Å². The van der Waals surface area contributed by atoms with Crippen LogP contribution in [0.3, 0.4) is 0 Å². The maximum atomic E-state index is 11.4. The molecule has 0 radical (unpaired) electrons. The highest BCUT2D eigenvalue weighted by molar-refractivity contribution is 7.71. The summed E-state index contributed by atoms with van der Waals surface area (Å²) in [5.41, 5.74) is 4.97. The Balaban J connectivity index is 2.24. The van der Waals surface area contributed by atoms with Crippen molar-refractivity contribution in [3.8, 4) is 22.8 Å². The number of aryl methyl sites for hydroxylation is 1. The number of nitrogens with zero attached hydrogens (tertiary/aromatic N) is 3. The third kappa shape index (κ3) is 3.82. The first kappa shape index (κ1) is 20.8. The second-order valence-electron chi connectivity index (χ2n) is 7.44. The summed E-state index contributed by atoms with van der Waals surface area (Å²) in [5.74, 6) is 0.611. The molecule has 29 heavy (non-hydrogen) atoms. The summed E-state index contributed by atoms with van der Waals surface area (Å²) in [5, 5.41) is 17.8. The van der Waals surface area contributed by atoms with Gasteiger partial charge in [0.25, 0.3) is 0 Å². The van der Waals surface area contributed by atoms with Crippen LogP contribution in [-0.4, -0.2) is 39.7 Å². The van der Waals surface area contributed by atoms with E-state index in [2.05, 4.69) is 35.0 Å². The molecule has 0 aliphatic heterocycles. The zero-order valence-corrected chi connectivity index (χ0v) is 18.2. The Kier molecular flexibility index (Phi) is 5.88. The van der Waals surface area contributed by atoms with Gasteiger partial charge < -0.3 is 10.0 Å². The van der Waals surface area contributed by atoms with Gasteiger partial charge in [-0.25, -0.2) is 0 Å². The first-order valence-corrected chi connectivity index (χ1v) is 10.0. The third-order valence-electron chi connectivity index (χ3n) is 5.20. The molecule has 2 aromatic carbocycles. The fraction of sp³-hybridized carbons (Fsp3) is 0.318. The number of phenols is 1. The molecule has 0 amide bonds. The number of hydrogen-bond acceptors (Lipinski definition) is 5. The number of phenolic OH excluding ortho intramolecular Hbond substituents is 1. The topological polar surface area (TPSA) is 74.2 Å². The lowest BCUT2D eigenvalue weighted by Crippen LogP contribution is -2.17. The van der Waals surface area contributed by atoms with Gasteiger partial charge in [0.2, 0.25) is 0 Å². The lowest BCUT2D eigenvalue weighted by molar-refractivity contribution is 0.112. The van der Waals surface area contributed by atoms with E-state index in [1.807, 2.05) is 43.7 Å². The van der Waals surface area contributed by atoms with Crippen LogP contribution in [0.4, 0.5) is 5.69 Å². The molecule has 0 fully saturated rings. The van der Waals surface area contributed by atoms with Gasteiger partial charge in [0.15, 0.2) is 10.6 Å². The number of aromatic hydroxyl groups is 1. The summed E-state index contributed by atoms with van der Waals surface area (Å²) in [6.45, 7) is 9.06. The Hall–Kier alpha value is -2.93. The molecule has 0 aliphatic carbocycles. The summed E-state index contributed by atoms with van der Waals surface area (Å²) >= 11 is 5.49. The van der Waals surface area contributed by atoms with Gasteiger partial charge in [0.05, 0.1) is 11.3 Å². The van der Waals surface area contributed by atoms with E-state index in [0.29, 0.717) is 21.7 Å². The molecule has 3 aromatic rings. The van der Waals surface area contributed by atoms with Crippen molar-refractivity contribution in [2.24, 2.45) is 0 Å². The molecule has 3 rings (SSSR count). The standard InChI is InChI=1S/C22H26N4O2S/c1-6-25(5)19-10-16(8-7-14(19)4)26-21(23-24-22(26)29)18-11-17(13(2)3)15(12-27)9-20(18)28/h7-13,28H,6H2,1-5H3,(H,24,29).